The molecule has 2 amide bonds. The number of hydrogen-bond acceptors (Lipinski definition) is 2. The number of piperidine rings is 1. The molecule has 2 N–H and O–H groups in total. The SMILES string of the molecule is Cc1cccc(NC(=O)N2CCC[C@H](c3nc4cc(C)c(C)cc4[nH]3)C2)c1. The smallest absolute Gasteiger partial charge is 0.321 e. The monoisotopic (exact) mass is 362 g/mol. The topological polar surface area (TPSA) is 61.0 Å². The van der Waals surface area contributed by atoms with Crippen molar-refractivity contribution in [3.63, 3.8) is 0 Å². The lowest BCUT2D eigenvalue weighted by molar-refractivity contribution is 0.191. The fourth-order valence-electron chi connectivity index (χ4n) is 3.79. The Hall–Kier alpha value is -2.82. The van der Waals surface area contributed by atoms with Crippen molar-refractivity contribution in [1.82, 2.24) is 14.9 Å². The summed E-state index contributed by atoms with van der Waals surface area (Å²) in [4.78, 5) is 22.9. The van der Waals surface area contributed by atoms with Crippen LogP contribution in [0, 0.1) is 20.8 Å². The van der Waals surface area contributed by atoms with Gasteiger partial charge in [-0.2, -0.15) is 0 Å². The number of hydrogen-bond donors (Lipinski definition) is 2. The van der Waals surface area contributed by atoms with Crippen molar-refractivity contribution in [3.8, 4) is 0 Å². The number of likely N-dealkylation sites (tertiary alicyclic amines) is 1. The molecule has 2 heterocycles. The number of aromatic amines is 1. The Balaban J connectivity index is 1.50. The van der Waals surface area contributed by atoms with Gasteiger partial charge in [-0.15, -0.1) is 0 Å². The fourth-order valence-corrected chi connectivity index (χ4v) is 3.79. The van der Waals surface area contributed by atoms with E-state index in [-0.39, 0.29) is 11.9 Å². The lowest BCUT2D eigenvalue weighted by Gasteiger charge is -2.31. The summed E-state index contributed by atoms with van der Waals surface area (Å²) in [7, 11) is 0. The summed E-state index contributed by atoms with van der Waals surface area (Å²) in [6, 6.07) is 12.2. The number of benzene rings is 2. The molecule has 0 bridgehead atoms. The molecule has 1 fully saturated rings. The van der Waals surface area contributed by atoms with Crippen LogP contribution in [0.5, 0.6) is 0 Å². The highest BCUT2D eigenvalue weighted by Crippen LogP contribution is 2.28. The number of amides is 2. The standard InChI is InChI=1S/C22H26N4O/c1-14-6-4-8-18(10-14)23-22(27)26-9-5-7-17(13-26)21-24-19-11-15(2)16(3)12-20(19)25-21/h4,6,8,10-12,17H,5,7,9,13H2,1-3H3,(H,23,27)(H,24,25)/t17-/m0/s1. The van der Waals surface area contributed by atoms with E-state index in [1.165, 1.54) is 11.1 Å². The number of H-pyrrole nitrogens is 1. The van der Waals surface area contributed by atoms with Gasteiger partial charge in [0.05, 0.1) is 11.0 Å². The maximum Gasteiger partial charge on any atom is 0.321 e. The zero-order valence-electron chi connectivity index (χ0n) is 16.2. The second-order valence-corrected chi connectivity index (χ2v) is 7.66. The van der Waals surface area contributed by atoms with Gasteiger partial charge in [0, 0.05) is 24.7 Å². The summed E-state index contributed by atoms with van der Waals surface area (Å²) in [5, 5.41) is 3.02. The number of aryl methyl sites for hydroxylation is 3. The van der Waals surface area contributed by atoms with Crippen molar-refractivity contribution in [2.24, 2.45) is 0 Å². The van der Waals surface area contributed by atoms with Gasteiger partial charge in [-0.25, -0.2) is 9.78 Å². The average Bonchev–Trinajstić information content (AvgIpc) is 3.05. The molecule has 140 valence electrons. The van der Waals surface area contributed by atoms with Crippen molar-refractivity contribution >= 4 is 22.8 Å². The van der Waals surface area contributed by atoms with Gasteiger partial charge in [0.15, 0.2) is 0 Å². The van der Waals surface area contributed by atoms with Crippen LogP contribution in [0.1, 0.15) is 41.3 Å². The molecule has 1 aliphatic rings. The largest absolute Gasteiger partial charge is 0.342 e. The summed E-state index contributed by atoms with van der Waals surface area (Å²) >= 11 is 0. The van der Waals surface area contributed by atoms with Crippen LogP contribution in [0.3, 0.4) is 0 Å². The fraction of sp³-hybridized carbons (Fsp3) is 0.364. The predicted octanol–water partition coefficient (Wildman–Crippen LogP) is 4.90. The summed E-state index contributed by atoms with van der Waals surface area (Å²) in [5.74, 6) is 1.23. The van der Waals surface area contributed by atoms with E-state index < -0.39 is 0 Å². The first-order chi connectivity index (χ1) is 13.0. The minimum absolute atomic E-state index is 0.0342. The van der Waals surface area contributed by atoms with E-state index in [0.29, 0.717) is 6.54 Å². The summed E-state index contributed by atoms with van der Waals surface area (Å²) in [6.07, 6.45) is 2.03. The van der Waals surface area contributed by atoms with Gasteiger partial charge in [-0.05, 0) is 74.6 Å². The van der Waals surface area contributed by atoms with Crippen molar-refractivity contribution in [2.45, 2.75) is 39.5 Å². The second-order valence-electron chi connectivity index (χ2n) is 7.66. The Morgan fingerprint density at radius 1 is 1.19 bits per heavy atom. The number of nitrogens with one attached hydrogen (secondary N) is 2. The molecule has 2 aromatic carbocycles. The van der Waals surface area contributed by atoms with Crippen molar-refractivity contribution in [2.75, 3.05) is 18.4 Å². The first kappa shape index (κ1) is 17.6. The van der Waals surface area contributed by atoms with Gasteiger partial charge in [0.1, 0.15) is 5.82 Å². The number of carbonyl (C=O) groups excluding carboxylic acids is 1. The maximum absolute atomic E-state index is 12.7. The van der Waals surface area contributed by atoms with Gasteiger partial charge >= 0.3 is 6.03 Å². The number of nitrogens with zero attached hydrogens (tertiary/aromatic N) is 2. The maximum atomic E-state index is 12.7. The highest BCUT2D eigenvalue weighted by molar-refractivity contribution is 5.89. The van der Waals surface area contributed by atoms with Gasteiger partial charge in [-0.3, -0.25) is 0 Å². The molecule has 0 unspecified atom stereocenters. The van der Waals surface area contributed by atoms with Gasteiger partial charge in [0.25, 0.3) is 0 Å². The highest BCUT2D eigenvalue weighted by Gasteiger charge is 2.27. The summed E-state index contributed by atoms with van der Waals surface area (Å²) < 4.78 is 0. The number of rotatable bonds is 2. The molecule has 0 radical (unpaired) electrons. The van der Waals surface area contributed by atoms with Gasteiger partial charge in [-0.1, -0.05) is 12.1 Å². The van der Waals surface area contributed by atoms with E-state index in [0.717, 1.165) is 47.5 Å². The van der Waals surface area contributed by atoms with Crippen LogP contribution in [0.25, 0.3) is 11.0 Å². The number of fused-ring (bicyclic) bond motifs is 1. The van der Waals surface area contributed by atoms with E-state index in [1.54, 1.807) is 0 Å². The number of imidazole rings is 1. The van der Waals surface area contributed by atoms with Crippen LogP contribution in [0.4, 0.5) is 10.5 Å². The van der Waals surface area contributed by atoms with Crippen LogP contribution in [0.15, 0.2) is 36.4 Å². The molecule has 4 rings (SSSR count). The minimum atomic E-state index is -0.0342. The molecule has 0 aliphatic carbocycles. The van der Waals surface area contributed by atoms with Crippen molar-refractivity contribution in [1.29, 1.82) is 0 Å². The number of anilines is 1. The Morgan fingerprint density at radius 2 is 2.00 bits per heavy atom. The number of urea groups is 1. The van der Waals surface area contributed by atoms with Crippen LogP contribution in [-0.4, -0.2) is 34.0 Å². The summed E-state index contributed by atoms with van der Waals surface area (Å²) in [6.45, 7) is 7.73. The molecule has 1 saturated heterocycles. The van der Waals surface area contributed by atoms with Crippen LogP contribution in [-0.2, 0) is 0 Å². The van der Waals surface area contributed by atoms with Crippen LogP contribution < -0.4 is 5.32 Å². The molecule has 1 aliphatic heterocycles. The Labute approximate surface area is 159 Å². The van der Waals surface area contributed by atoms with Crippen molar-refractivity contribution < 1.29 is 4.79 Å². The molecular weight excluding hydrogens is 336 g/mol. The lowest BCUT2D eigenvalue weighted by Crippen LogP contribution is -2.41. The third-order valence-corrected chi connectivity index (χ3v) is 5.48. The molecule has 27 heavy (non-hydrogen) atoms. The Morgan fingerprint density at radius 3 is 2.81 bits per heavy atom. The lowest BCUT2D eigenvalue weighted by atomic mass is 9.97. The minimum Gasteiger partial charge on any atom is -0.342 e. The molecule has 5 heteroatoms. The zero-order chi connectivity index (χ0) is 19.0. The number of aromatic nitrogens is 2. The first-order valence-electron chi connectivity index (χ1n) is 9.59. The third-order valence-electron chi connectivity index (χ3n) is 5.48. The second kappa shape index (κ2) is 7.06. The molecule has 3 aromatic rings. The summed E-state index contributed by atoms with van der Waals surface area (Å²) in [5.41, 5.74) is 6.58. The van der Waals surface area contributed by atoms with E-state index in [9.17, 15) is 4.79 Å². The van der Waals surface area contributed by atoms with Crippen LogP contribution >= 0.6 is 0 Å². The van der Waals surface area contributed by atoms with Gasteiger partial charge in [0.2, 0.25) is 0 Å². The third kappa shape index (κ3) is 3.68. The zero-order valence-corrected chi connectivity index (χ0v) is 16.2. The Kier molecular flexibility index (Phi) is 4.60. The predicted molar refractivity (Wildman–Crippen MR) is 109 cm³/mol. The Bertz CT molecular complexity index is 952. The van der Waals surface area contributed by atoms with Crippen molar-refractivity contribution in [3.05, 3.63) is 58.9 Å². The van der Waals surface area contributed by atoms with E-state index in [1.807, 2.05) is 36.1 Å². The quantitative estimate of drug-likeness (QED) is 0.681. The molecule has 1 aromatic heterocycles. The average molecular weight is 362 g/mol. The van der Waals surface area contributed by atoms with E-state index >= 15 is 0 Å². The molecular formula is C22H26N4O. The molecule has 1 atom stereocenters. The number of carbonyl (C=O) groups is 1. The normalized spacial score (nSPS) is 17.3. The van der Waals surface area contributed by atoms with E-state index in [4.69, 9.17) is 4.98 Å². The van der Waals surface area contributed by atoms with Crippen LogP contribution in [0.2, 0.25) is 0 Å². The highest BCUT2D eigenvalue weighted by atomic mass is 16.2. The van der Waals surface area contributed by atoms with Gasteiger partial charge < -0.3 is 15.2 Å². The first-order valence-corrected chi connectivity index (χ1v) is 9.59. The molecule has 5 nitrogen and oxygen atoms in total. The molecule has 0 spiro atoms. The van der Waals surface area contributed by atoms with E-state index in [2.05, 4.69) is 36.3 Å². The molecule has 0 saturated carbocycles.